The lowest BCUT2D eigenvalue weighted by molar-refractivity contribution is 0.101. The summed E-state index contributed by atoms with van der Waals surface area (Å²) in [5.74, 6) is -0.387. The summed E-state index contributed by atoms with van der Waals surface area (Å²) in [7, 11) is 0. The van der Waals surface area contributed by atoms with E-state index in [1.165, 1.54) is 6.33 Å². The van der Waals surface area contributed by atoms with Crippen LogP contribution >= 0.6 is 15.9 Å². The van der Waals surface area contributed by atoms with Crippen LogP contribution in [0.2, 0.25) is 0 Å². The molecule has 3 rings (SSSR count). The molecule has 0 unspecified atom stereocenters. The van der Waals surface area contributed by atoms with Gasteiger partial charge in [-0.3, -0.25) is 15.0 Å². The van der Waals surface area contributed by atoms with Crippen LogP contribution in [0.15, 0.2) is 64.1 Å². The number of amides is 1. The van der Waals surface area contributed by atoms with E-state index in [1.807, 2.05) is 6.07 Å². The van der Waals surface area contributed by atoms with E-state index in [0.717, 1.165) is 4.68 Å². The van der Waals surface area contributed by atoms with Crippen LogP contribution in [0.3, 0.4) is 0 Å². The fourth-order valence-corrected chi connectivity index (χ4v) is 2.43. The molecule has 0 saturated heterocycles. The maximum absolute atomic E-state index is 12.3. The normalized spacial score (nSPS) is 10.5. The van der Waals surface area contributed by atoms with E-state index in [9.17, 15) is 9.59 Å². The molecule has 6 heteroatoms. The number of aromatic nitrogens is 2. The molecular weight excluding hydrogens is 334 g/mol. The number of halogens is 1. The Bertz CT molecular complexity index is 889. The van der Waals surface area contributed by atoms with Crippen molar-refractivity contribution in [2.45, 2.75) is 0 Å². The van der Waals surface area contributed by atoms with Crippen LogP contribution < -0.4 is 11.0 Å². The van der Waals surface area contributed by atoms with E-state index in [1.54, 1.807) is 42.5 Å². The first kappa shape index (κ1) is 13.5. The van der Waals surface area contributed by atoms with Crippen LogP contribution in [0.25, 0.3) is 10.9 Å². The number of nitrogens with zero attached hydrogens (tertiary/aromatic N) is 2. The highest BCUT2D eigenvalue weighted by Gasteiger charge is 2.11. The van der Waals surface area contributed by atoms with Gasteiger partial charge in [-0.15, -0.1) is 0 Å². The highest BCUT2D eigenvalue weighted by Crippen LogP contribution is 2.15. The molecule has 0 bridgehead atoms. The van der Waals surface area contributed by atoms with Gasteiger partial charge in [0.15, 0.2) is 0 Å². The minimum atomic E-state index is -0.387. The number of para-hydroxylation sites is 1. The standard InChI is InChI=1S/C15H10BrN3O2/c16-12-7-3-1-5-10(12)14(20)18-19-9-17-13-8-4-2-6-11(13)15(19)21/h1-9H,(H,18,20). The predicted molar refractivity (Wildman–Crippen MR) is 83.8 cm³/mol. The minimum absolute atomic E-state index is 0.319. The molecule has 0 spiro atoms. The number of nitrogens with one attached hydrogen (secondary N) is 1. The number of hydrogen-bond donors (Lipinski definition) is 1. The van der Waals surface area contributed by atoms with Gasteiger partial charge >= 0.3 is 0 Å². The molecule has 1 amide bonds. The van der Waals surface area contributed by atoms with Gasteiger partial charge < -0.3 is 0 Å². The molecule has 0 atom stereocenters. The number of hydrogen-bond acceptors (Lipinski definition) is 3. The largest absolute Gasteiger partial charge is 0.280 e. The second-order valence-electron chi connectivity index (χ2n) is 4.36. The van der Waals surface area contributed by atoms with Crippen molar-refractivity contribution in [3.05, 3.63) is 75.2 Å². The molecule has 1 heterocycles. The van der Waals surface area contributed by atoms with Gasteiger partial charge in [-0.25, -0.2) is 9.66 Å². The Labute approximate surface area is 128 Å². The molecule has 1 aromatic heterocycles. The monoisotopic (exact) mass is 343 g/mol. The van der Waals surface area contributed by atoms with Crippen molar-refractivity contribution in [1.29, 1.82) is 0 Å². The van der Waals surface area contributed by atoms with Crippen molar-refractivity contribution in [3.8, 4) is 0 Å². The molecular formula is C15H10BrN3O2. The lowest BCUT2D eigenvalue weighted by Gasteiger charge is -2.09. The molecule has 0 fully saturated rings. The van der Waals surface area contributed by atoms with Gasteiger partial charge in [-0.1, -0.05) is 24.3 Å². The van der Waals surface area contributed by atoms with Crippen molar-refractivity contribution in [2.75, 3.05) is 5.43 Å². The molecule has 3 aromatic rings. The van der Waals surface area contributed by atoms with Crippen LogP contribution in [0.4, 0.5) is 0 Å². The summed E-state index contributed by atoms with van der Waals surface area (Å²) >= 11 is 3.30. The van der Waals surface area contributed by atoms with E-state index in [0.29, 0.717) is 20.9 Å². The summed E-state index contributed by atoms with van der Waals surface area (Å²) in [4.78, 5) is 28.6. The first-order chi connectivity index (χ1) is 10.2. The predicted octanol–water partition coefficient (Wildman–Crippen LogP) is 2.54. The average Bonchev–Trinajstić information content (AvgIpc) is 2.51. The summed E-state index contributed by atoms with van der Waals surface area (Å²) in [6, 6.07) is 14.0. The lowest BCUT2D eigenvalue weighted by atomic mass is 10.2. The van der Waals surface area contributed by atoms with Crippen molar-refractivity contribution in [1.82, 2.24) is 9.66 Å². The molecule has 0 aliphatic carbocycles. The van der Waals surface area contributed by atoms with Crippen molar-refractivity contribution >= 4 is 32.7 Å². The molecule has 5 nitrogen and oxygen atoms in total. The van der Waals surface area contributed by atoms with Crippen molar-refractivity contribution in [2.24, 2.45) is 0 Å². The van der Waals surface area contributed by atoms with Crippen molar-refractivity contribution in [3.63, 3.8) is 0 Å². The third kappa shape index (κ3) is 2.57. The van der Waals surface area contributed by atoms with Gasteiger partial charge in [0, 0.05) is 4.47 Å². The van der Waals surface area contributed by atoms with Gasteiger partial charge in [0.25, 0.3) is 11.5 Å². The Morgan fingerprint density at radius 2 is 1.81 bits per heavy atom. The summed E-state index contributed by atoms with van der Waals surface area (Å²) in [5.41, 5.74) is 3.25. The molecule has 21 heavy (non-hydrogen) atoms. The average molecular weight is 344 g/mol. The first-order valence-electron chi connectivity index (χ1n) is 6.19. The zero-order valence-electron chi connectivity index (χ0n) is 10.8. The van der Waals surface area contributed by atoms with Gasteiger partial charge in [0.1, 0.15) is 6.33 Å². The van der Waals surface area contributed by atoms with Gasteiger partial charge in [-0.2, -0.15) is 0 Å². The number of benzene rings is 2. The molecule has 1 N–H and O–H groups in total. The number of carbonyl (C=O) groups is 1. The Morgan fingerprint density at radius 3 is 2.62 bits per heavy atom. The number of fused-ring (bicyclic) bond motifs is 1. The zero-order valence-corrected chi connectivity index (χ0v) is 12.4. The second kappa shape index (κ2) is 5.49. The lowest BCUT2D eigenvalue weighted by Crippen LogP contribution is -2.33. The summed E-state index contributed by atoms with van der Waals surface area (Å²) in [5, 5.41) is 0.451. The number of carbonyl (C=O) groups excluding carboxylic acids is 1. The third-order valence-corrected chi connectivity index (χ3v) is 3.70. The summed E-state index contributed by atoms with van der Waals surface area (Å²) in [6.07, 6.45) is 1.30. The minimum Gasteiger partial charge on any atom is -0.267 e. The van der Waals surface area contributed by atoms with Crippen LogP contribution in [-0.2, 0) is 0 Å². The number of rotatable bonds is 2. The summed E-state index contributed by atoms with van der Waals surface area (Å²) in [6.45, 7) is 0. The van der Waals surface area contributed by atoms with E-state index in [2.05, 4.69) is 26.3 Å². The van der Waals surface area contributed by atoms with Gasteiger partial charge in [0.2, 0.25) is 0 Å². The fourth-order valence-electron chi connectivity index (χ4n) is 1.96. The van der Waals surface area contributed by atoms with Crippen LogP contribution in [0.1, 0.15) is 10.4 Å². The van der Waals surface area contributed by atoms with E-state index < -0.39 is 0 Å². The third-order valence-electron chi connectivity index (χ3n) is 3.01. The smallest absolute Gasteiger partial charge is 0.267 e. The van der Waals surface area contributed by atoms with Gasteiger partial charge in [-0.05, 0) is 40.2 Å². The highest BCUT2D eigenvalue weighted by atomic mass is 79.9. The second-order valence-corrected chi connectivity index (χ2v) is 5.21. The molecule has 0 radical (unpaired) electrons. The SMILES string of the molecule is O=C(Nn1cnc2ccccc2c1=O)c1ccccc1Br. The zero-order chi connectivity index (χ0) is 14.8. The Morgan fingerprint density at radius 1 is 1.10 bits per heavy atom. The van der Waals surface area contributed by atoms with E-state index in [-0.39, 0.29) is 11.5 Å². The van der Waals surface area contributed by atoms with E-state index >= 15 is 0 Å². The fraction of sp³-hybridized carbons (Fsp3) is 0. The highest BCUT2D eigenvalue weighted by molar-refractivity contribution is 9.10. The first-order valence-corrected chi connectivity index (χ1v) is 6.98. The topological polar surface area (TPSA) is 64.0 Å². The molecule has 104 valence electrons. The molecule has 0 saturated carbocycles. The Hall–Kier alpha value is -2.47. The summed E-state index contributed by atoms with van der Waals surface area (Å²) < 4.78 is 1.74. The van der Waals surface area contributed by atoms with Crippen molar-refractivity contribution < 1.29 is 4.79 Å². The Kier molecular flexibility index (Phi) is 3.53. The molecule has 0 aliphatic heterocycles. The molecule has 2 aromatic carbocycles. The van der Waals surface area contributed by atoms with Gasteiger partial charge in [0.05, 0.1) is 16.5 Å². The van der Waals surface area contributed by atoms with Crippen LogP contribution in [0.5, 0.6) is 0 Å². The van der Waals surface area contributed by atoms with E-state index in [4.69, 9.17) is 0 Å². The van der Waals surface area contributed by atoms with Crippen LogP contribution in [-0.4, -0.2) is 15.6 Å². The molecule has 0 aliphatic rings. The maximum atomic E-state index is 12.3. The Balaban J connectivity index is 1.99. The maximum Gasteiger partial charge on any atom is 0.280 e. The quantitative estimate of drug-likeness (QED) is 0.777. The van der Waals surface area contributed by atoms with Crippen LogP contribution in [0, 0.1) is 0 Å².